The predicted molar refractivity (Wildman–Crippen MR) is 89.9 cm³/mol. The van der Waals surface area contributed by atoms with Crippen molar-refractivity contribution in [2.24, 2.45) is 7.05 Å². The number of aromatic nitrogens is 2. The van der Waals surface area contributed by atoms with Gasteiger partial charge in [-0.25, -0.2) is 0 Å². The van der Waals surface area contributed by atoms with Crippen LogP contribution >= 0.6 is 0 Å². The molecule has 3 rings (SSSR count). The molecule has 6 heteroatoms. The zero-order valence-corrected chi connectivity index (χ0v) is 14.0. The number of nitrogens with one attached hydrogen (secondary N) is 1. The first-order chi connectivity index (χ1) is 11.6. The lowest BCUT2D eigenvalue weighted by Crippen LogP contribution is -2.41. The predicted octanol–water partition coefficient (Wildman–Crippen LogP) is 1.57. The average molecular weight is 326 g/mol. The number of aryl methyl sites for hydroxylation is 1. The van der Waals surface area contributed by atoms with Gasteiger partial charge in [-0.3, -0.25) is 14.3 Å². The van der Waals surface area contributed by atoms with E-state index in [0.717, 1.165) is 17.7 Å². The van der Waals surface area contributed by atoms with Crippen molar-refractivity contribution >= 4 is 11.8 Å². The Morgan fingerprint density at radius 3 is 2.79 bits per heavy atom. The summed E-state index contributed by atoms with van der Waals surface area (Å²) in [7, 11) is 1.84. The fraction of sp³-hybridized carbons (Fsp3) is 0.389. The summed E-state index contributed by atoms with van der Waals surface area (Å²) in [6.45, 7) is 2.66. The van der Waals surface area contributed by atoms with Crippen LogP contribution in [0.25, 0.3) is 0 Å². The Labute approximate surface area is 141 Å². The van der Waals surface area contributed by atoms with Crippen LogP contribution in [-0.2, 0) is 29.6 Å². The van der Waals surface area contributed by atoms with Gasteiger partial charge in [0.25, 0.3) is 0 Å². The third-order valence-electron chi connectivity index (χ3n) is 4.58. The molecule has 0 unspecified atom stereocenters. The van der Waals surface area contributed by atoms with Crippen molar-refractivity contribution < 1.29 is 9.59 Å². The molecule has 0 radical (unpaired) electrons. The SMILES string of the molecule is CC(=O)N1CCc2ccccc2[C@@H]1CC(=O)NCc1ccnn1C. The molecular formula is C18H22N4O2. The second-order valence-electron chi connectivity index (χ2n) is 6.10. The Hall–Kier alpha value is -2.63. The topological polar surface area (TPSA) is 67.2 Å². The lowest BCUT2D eigenvalue weighted by Gasteiger charge is -2.36. The summed E-state index contributed by atoms with van der Waals surface area (Å²) in [6, 6.07) is 9.73. The summed E-state index contributed by atoms with van der Waals surface area (Å²) in [5.74, 6) is -0.0573. The number of carbonyl (C=O) groups is 2. The molecule has 0 saturated carbocycles. The third kappa shape index (κ3) is 3.32. The summed E-state index contributed by atoms with van der Waals surface area (Å²) < 4.78 is 1.73. The van der Waals surface area contributed by atoms with Gasteiger partial charge in [-0.2, -0.15) is 5.10 Å². The summed E-state index contributed by atoms with van der Waals surface area (Å²) in [5, 5.41) is 7.01. The van der Waals surface area contributed by atoms with Crippen molar-refractivity contribution in [3.63, 3.8) is 0 Å². The highest BCUT2D eigenvalue weighted by atomic mass is 16.2. The van der Waals surface area contributed by atoms with E-state index in [1.54, 1.807) is 22.7 Å². The zero-order valence-electron chi connectivity index (χ0n) is 14.0. The minimum absolute atomic E-state index is 0.00828. The highest BCUT2D eigenvalue weighted by Gasteiger charge is 2.30. The number of hydrogen-bond donors (Lipinski definition) is 1. The van der Waals surface area contributed by atoms with E-state index in [9.17, 15) is 9.59 Å². The van der Waals surface area contributed by atoms with Gasteiger partial charge >= 0.3 is 0 Å². The number of nitrogens with zero attached hydrogens (tertiary/aromatic N) is 3. The lowest BCUT2D eigenvalue weighted by molar-refractivity contribution is -0.133. The second kappa shape index (κ2) is 6.86. The lowest BCUT2D eigenvalue weighted by atomic mass is 9.90. The molecule has 6 nitrogen and oxygen atoms in total. The monoisotopic (exact) mass is 326 g/mol. The van der Waals surface area contributed by atoms with Crippen molar-refractivity contribution in [2.75, 3.05) is 6.54 Å². The Balaban J connectivity index is 1.72. The number of benzene rings is 1. The third-order valence-corrected chi connectivity index (χ3v) is 4.58. The molecule has 0 fully saturated rings. The van der Waals surface area contributed by atoms with Crippen LogP contribution in [-0.4, -0.2) is 33.0 Å². The summed E-state index contributed by atoms with van der Waals surface area (Å²) in [5.41, 5.74) is 3.24. The molecule has 0 aliphatic carbocycles. The van der Waals surface area contributed by atoms with Crippen LogP contribution in [0.15, 0.2) is 36.5 Å². The van der Waals surface area contributed by atoms with Gasteiger partial charge in [0.1, 0.15) is 0 Å². The molecule has 1 N–H and O–H groups in total. The number of amides is 2. The van der Waals surface area contributed by atoms with E-state index >= 15 is 0 Å². The number of carbonyl (C=O) groups excluding carboxylic acids is 2. The van der Waals surface area contributed by atoms with Gasteiger partial charge < -0.3 is 10.2 Å². The Bertz CT molecular complexity index is 753. The van der Waals surface area contributed by atoms with Crippen molar-refractivity contribution in [3.05, 3.63) is 53.3 Å². The molecule has 2 amide bonds. The van der Waals surface area contributed by atoms with Crippen LogP contribution in [0.1, 0.15) is 36.2 Å². The number of fused-ring (bicyclic) bond motifs is 1. The van der Waals surface area contributed by atoms with Gasteiger partial charge in [0.15, 0.2) is 0 Å². The van der Waals surface area contributed by atoms with Crippen LogP contribution in [0, 0.1) is 0 Å². The molecule has 0 spiro atoms. The maximum atomic E-state index is 12.4. The normalized spacial score (nSPS) is 16.6. The van der Waals surface area contributed by atoms with Gasteiger partial charge in [-0.1, -0.05) is 24.3 Å². The fourth-order valence-electron chi connectivity index (χ4n) is 3.26. The zero-order chi connectivity index (χ0) is 17.1. The molecule has 1 aromatic heterocycles. The van der Waals surface area contributed by atoms with Crippen molar-refractivity contribution in [1.29, 1.82) is 0 Å². The molecule has 2 heterocycles. The Kier molecular flexibility index (Phi) is 4.64. The second-order valence-corrected chi connectivity index (χ2v) is 6.10. The Morgan fingerprint density at radius 2 is 2.08 bits per heavy atom. The molecule has 2 aromatic rings. The van der Waals surface area contributed by atoms with E-state index in [1.807, 2.05) is 31.3 Å². The Morgan fingerprint density at radius 1 is 1.29 bits per heavy atom. The summed E-state index contributed by atoms with van der Waals surface area (Å²) in [4.78, 5) is 26.2. The van der Waals surface area contributed by atoms with Gasteiger partial charge in [-0.05, 0) is 23.6 Å². The fourth-order valence-corrected chi connectivity index (χ4v) is 3.26. The highest BCUT2D eigenvalue weighted by molar-refractivity contribution is 5.79. The number of hydrogen-bond acceptors (Lipinski definition) is 3. The minimum Gasteiger partial charge on any atom is -0.350 e. The van der Waals surface area contributed by atoms with Crippen LogP contribution in [0.2, 0.25) is 0 Å². The molecule has 24 heavy (non-hydrogen) atoms. The minimum atomic E-state index is -0.195. The smallest absolute Gasteiger partial charge is 0.222 e. The molecule has 1 atom stereocenters. The standard InChI is InChI=1S/C18H22N4O2/c1-13(23)22-10-8-14-5-3-4-6-16(14)17(22)11-18(24)19-12-15-7-9-20-21(15)2/h3-7,9,17H,8,10-12H2,1-2H3,(H,19,24)/t17-/m0/s1. The van der Waals surface area contributed by atoms with Crippen molar-refractivity contribution in [2.45, 2.75) is 32.4 Å². The van der Waals surface area contributed by atoms with Gasteiger partial charge in [0, 0.05) is 26.7 Å². The van der Waals surface area contributed by atoms with Crippen LogP contribution in [0.3, 0.4) is 0 Å². The average Bonchev–Trinajstić information content (AvgIpc) is 2.98. The van der Waals surface area contributed by atoms with Crippen LogP contribution in [0.4, 0.5) is 0 Å². The molecule has 0 saturated heterocycles. The van der Waals surface area contributed by atoms with Gasteiger partial charge in [-0.15, -0.1) is 0 Å². The molecular weight excluding hydrogens is 304 g/mol. The van der Waals surface area contributed by atoms with E-state index < -0.39 is 0 Å². The molecule has 126 valence electrons. The van der Waals surface area contributed by atoms with Crippen molar-refractivity contribution in [3.8, 4) is 0 Å². The maximum absolute atomic E-state index is 12.4. The molecule has 0 bridgehead atoms. The largest absolute Gasteiger partial charge is 0.350 e. The summed E-state index contributed by atoms with van der Waals surface area (Å²) in [6.07, 6.45) is 2.81. The number of rotatable bonds is 4. The van der Waals surface area contributed by atoms with E-state index in [2.05, 4.69) is 16.5 Å². The quantitative estimate of drug-likeness (QED) is 0.927. The van der Waals surface area contributed by atoms with E-state index in [4.69, 9.17) is 0 Å². The first kappa shape index (κ1) is 16.2. The van der Waals surface area contributed by atoms with Crippen molar-refractivity contribution in [1.82, 2.24) is 20.0 Å². The van der Waals surface area contributed by atoms with Gasteiger partial charge in [0.05, 0.1) is 24.7 Å². The summed E-state index contributed by atoms with van der Waals surface area (Å²) >= 11 is 0. The first-order valence-electron chi connectivity index (χ1n) is 8.15. The molecule has 1 aliphatic rings. The van der Waals surface area contributed by atoms with Gasteiger partial charge in [0.2, 0.25) is 11.8 Å². The maximum Gasteiger partial charge on any atom is 0.222 e. The molecule has 1 aliphatic heterocycles. The van der Waals surface area contributed by atoms with Crippen LogP contribution < -0.4 is 5.32 Å². The molecule has 1 aromatic carbocycles. The van der Waals surface area contributed by atoms with E-state index in [0.29, 0.717) is 13.1 Å². The van der Waals surface area contributed by atoms with E-state index in [-0.39, 0.29) is 24.3 Å². The van der Waals surface area contributed by atoms with E-state index in [1.165, 1.54) is 5.56 Å². The first-order valence-corrected chi connectivity index (χ1v) is 8.15. The highest BCUT2D eigenvalue weighted by Crippen LogP contribution is 2.32. The van der Waals surface area contributed by atoms with Crippen LogP contribution in [0.5, 0.6) is 0 Å².